The van der Waals surface area contributed by atoms with E-state index in [4.69, 9.17) is 14.2 Å². The van der Waals surface area contributed by atoms with Crippen molar-refractivity contribution in [2.24, 2.45) is 0 Å². The number of para-hydroxylation sites is 1. The molecule has 0 saturated carbocycles. The number of benzene rings is 2. The normalized spacial score (nSPS) is 19.3. The lowest BCUT2D eigenvalue weighted by molar-refractivity contribution is -0.139. The number of carbonyl (C=O) groups is 2. The van der Waals surface area contributed by atoms with Gasteiger partial charge in [0, 0.05) is 17.7 Å². The van der Waals surface area contributed by atoms with Crippen LogP contribution in [0.3, 0.4) is 0 Å². The average Bonchev–Trinajstić information content (AvgIpc) is 3.06. The van der Waals surface area contributed by atoms with E-state index in [0.29, 0.717) is 48.1 Å². The molecule has 0 aliphatic carbocycles. The zero-order chi connectivity index (χ0) is 23.5. The summed E-state index contributed by atoms with van der Waals surface area (Å²) in [6.07, 6.45) is 1.50. The number of fused-ring (bicyclic) bond motifs is 1. The number of carbonyl (C=O) groups excluding carboxylic acids is 2. The molecule has 1 N–H and O–H groups in total. The third-order valence-electron chi connectivity index (χ3n) is 5.68. The van der Waals surface area contributed by atoms with Crippen molar-refractivity contribution in [2.45, 2.75) is 45.8 Å². The van der Waals surface area contributed by atoms with E-state index in [2.05, 4.69) is 0 Å². The zero-order valence-corrected chi connectivity index (χ0v) is 19.2. The maximum atomic E-state index is 13.2. The molecule has 2 aliphatic rings. The molecule has 2 aromatic rings. The number of likely N-dealkylation sites (tertiary alicyclic amines) is 1. The Morgan fingerprint density at radius 2 is 1.85 bits per heavy atom. The maximum Gasteiger partial charge on any atom is 0.295 e. The van der Waals surface area contributed by atoms with Gasteiger partial charge in [-0.25, -0.2) is 0 Å². The van der Waals surface area contributed by atoms with E-state index in [1.807, 2.05) is 45.0 Å². The van der Waals surface area contributed by atoms with Crippen LogP contribution in [0.2, 0.25) is 0 Å². The van der Waals surface area contributed by atoms with Gasteiger partial charge in [-0.2, -0.15) is 0 Å². The molecular weight excluding hydrogens is 422 g/mol. The van der Waals surface area contributed by atoms with E-state index in [9.17, 15) is 14.7 Å². The molecule has 1 fully saturated rings. The molecule has 0 bridgehead atoms. The topological polar surface area (TPSA) is 85.3 Å². The third-order valence-corrected chi connectivity index (χ3v) is 5.68. The molecule has 174 valence electrons. The number of hydrogen-bond donors (Lipinski definition) is 1. The number of hydrogen-bond acceptors (Lipinski definition) is 6. The van der Waals surface area contributed by atoms with Gasteiger partial charge < -0.3 is 24.2 Å². The molecule has 1 atom stereocenters. The summed E-state index contributed by atoms with van der Waals surface area (Å²) in [5, 5.41) is 11.3. The Hall–Kier alpha value is -3.48. The molecule has 2 aromatic carbocycles. The quantitative estimate of drug-likeness (QED) is 0.380. The van der Waals surface area contributed by atoms with E-state index in [1.165, 1.54) is 4.90 Å². The SMILES string of the molecule is CCCCN1C(=O)C(=O)/C(=C(/O)c2ccc3c(c2)OCCO3)C1c1ccccc1OC(C)C. The van der Waals surface area contributed by atoms with Gasteiger partial charge >= 0.3 is 0 Å². The molecule has 7 heteroatoms. The molecule has 0 spiro atoms. The Balaban J connectivity index is 1.86. The number of ketones is 1. The van der Waals surface area contributed by atoms with Gasteiger partial charge in [-0.3, -0.25) is 9.59 Å². The summed E-state index contributed by atoms with van der Waals surface area (Å²) >= 11 is 0. The number of Topliss-reactive ketones (excluding diaryl/α,β-unsaturated/α-hetero) is 1. The Bertz CT molecular complexity index is 1090. The van der Waals surface area contributed by atoms with Crippen LogP contribution in [0.4, 0.5) is 0 Å². The predicted molar refractivity (Wildman–Crippen MR) is 124 cm³/mol. The number of nitrogens with zero attached hydrogens (tertiary/aromatic N) is 1. The molecule has 1 saturated heterocycles. The van der Waals surface area contributed by atoms with Crippen LogP contribution >= 0.6 is 0 Å². The molecule has 0 aromatic heterocycles. The summed E-state index contributed by atoms with van der Waals surface area (Å²) in [6.45, 7) is 7.11. The monoisotopic (exact) mass is 451 g/mol. The fourth-order valence-corrected chi connectivity index (χ4v) is 4.18. The van der Waals surface area contributed by atoms with Gasteiger partial charge in [-0.05, 0) is 44.5 Å². The predicted octanol–water partition coefficient (Wildman–Crippen LogP) is 4.47. The van der Waals surface area contributed by atoms with E-state index in [-0.39, 0.29) is 17.4 Å². The number of unbranched alkanes of at least 4 members (excludes halogenated alkanes) is 1. The minimum Gasteiger partial charge on any atom is -0.507 e. The first-order chi connectivity index (χ1) is 15.9. The van der Waals surface area contributed by atoms with Crippen molar-refractivity contribution >= 4 is 17.4 Å². The molecule has 2 aliphatic heterocycles. The Kier molecular flexibility index (Phi) is 6.58. The van der Waals surface area contributed by atoms with Gasteiger partial charge in [0.2, 0.25) is 0 Å². The van der Waals surface area contributed by atoms with Crippen molar-refractivity contribution < 1.29 is 28.9 Å². The van der Waals surface area contributed by atoms with Crippen LogP contribution in [0.15, 0.2) is 48.0 Å². The standard InChI is InChI=1S/C26H29NO6/c1-4-5-12-27-23(18-8-6-7-9-19(18)33-16(2)3)22(25(29)26(27)30)24(28)17-10-11-20-21(15-17)32-14-13-31-20/h6-11,15-16,23,28H,4-5,12-14H2,1-3H3/b24-22+. The molecule has 1 amide bonds. The Labute approximate surface area is 193 Å². The van der Waals surface area contributed by atoms with Crippen LogP contribution < -0.4 is 14.2 Å². The zero-order valence-electron chi connectivity index (χ0n) is 19.2. The van der Waals surface area contributed by atoms with E-state index in [0.717, 1.165) is 12.8 Å². The second-order valence-corrected chi connectivity index (χ2v) is 8.41. The van der Waals surface area contributed by atoms with Crippen LogP contribution in [-0.4, -0.2) is 47.6 Å². The highest BCUT2D eigenvalue weighted by atomic mass is 16.6. The second kappa shape index (κ2) is 9.57. The summed E-state index contributed by atoms with van der Waals surface area (Å²) in [4.78, 5) is 27.8. The Morgan fingerprint density at radius 1 is 1.12 bits per heavy atom. The molecule has 4 rings (SSSR count). The molecule has 0 radical (unpaired) electrons. The van der Waals surface area contributed by atoms with Gasteiger partial charge in [-0.1, -0.05) is 31.5 Å². The molecule has 7 nitrogen and oxygen atoms in total. The van der Waals surface area contributed by atoms with Crippen LogP contribution in [0, 0.1) is 0 Å². The van der Waals surface area contributed by atoms with Crippen molar-refractivity contribution in [3.05, 3.63) is 59.2 Å². The molecule has 1 unspecified atom stereocenters. The number of aliphatic hydroxyl groups is 1. The summed E-state index contributed by atoms with van der Waals surface area (Å²) in [5.41, 5.74) is 1.10. The van der Waals surface area contributed by atoms with Gasteiger partial charge in [-0.15, -0.1) is 0 Å². The summed E-state index contributed by atoms with van der Waals surface area (Å²) < 4.78 is 17.2. The number of ether oxygens (including phenoxy) is 3. The van der Waals surface area contributed by atoms with Crippen molar-refractivity contribution in [1.82, 2.24) is 4.90 Å². The lowest BCUT2D eigenvalue weighted by atomic mass is 9.94. The number of aliphatic hydroxyl groups excluding tert-OH is 1. The van der Waals surface area contributed by atoms with Gasteiger partial charge in [0.15, 0.2) is 11.5 Å². The largest absolute Gasteiger partial charge is 0.507 e. The smallest absolute Gasteiger partial charge is 0.295 e. The Morgan fingerprint density at radius 3 is 2.58 bits per heavy atom. The highest BCUT2D eigenvalue weighted by molar-refractivity contribution is 6.46. The van der Waals surface area contributed by atoms with Gasteiger partial charge in [0.05, 0.1) is 17.7 Å². The first kappa shape index (κ1) is 22.7. The first-order valence-corrected chi connectivity index (χ1v) is 11.4. The average molecular weight is 452 g/mol. The summed E-state index contributed by atoms with van der Waals surface area (Å²) in [5.74, 6) is 0.0800. The van der Waals surface area contributed by atoms with Crippen molar-refractivity contribution in [2.75, 3.05) is 19.8 Å². The maximum absolute atomic E-state index is 13.2. The van der Waals surface area contributed by atoms with E-state index >= 15 is 0 Å². The lowest BCUT2D eigenvalue weighted by Gasteiger charge is -2.27. The van der Waals surface area contributed by atoms with E-state index in [1.54, 1.807) is 18.2 Å². The minimum absolute atomic E-state index is 0.0487. The summed E-state index contributed by atoms with van der Waals surface area (Å²) in [6, 6.07) is 11.6. The number of rotatable bonds is 7. The van der Waals surface area contributed by atoms with Gasteiger partial charge in [0.1, 0.15) is 24.7 Å². The highest BCUT2D eigenvalue weighted by Gasteiger charge is 2.46. The van der Waals surface area contributed by atoms with Crippen LogP contribution in [0.5, 0.6) is 17.2 Å². The van der Waals surface area contributed by atoms with Crippen molar-refractivity contribution in [3.8, 4) is 17.2 Å². The third kappa shape index (κ3) is 4.40. The molecular formula is C26H29NO6. The van der Waals surface area contributed by atoms with E-state index < -0.39 is 17.7 Å². The summed E-state index contributed by atoms with van der Waals surface area (Å²) in [7, 11) is 0. The van der Waals surface area contributed by atoms with Gasteiger partial charge in [0.25, 0.3) is 11.7 Å². The van der Waals surface area contributed by atoms with Crippen LogP contribution in [0.1, 0.15) is 50.8 Å². The second-order valence-electron chi connectivity index (χ2n) is 8.41. The first-order valence-electron chi connectivity index (χ1n) is 11.4. The molecule has 2 heterocycles. The fraction of sp³-hybridized carbons (Fsp3) is 0.385. The molecule has 33 heavy (non-hydrogen) atoms. The van der Waals surface area contributed by atoms with Crippen LogP contribution in [0.25, 0.3) is 5.76 Å². The lowest BCUT2D eigenvalue weighted by Crippen LogP contribution is -2.31. The van der Waals surface area contributed by atoms with Crippen LogP contribution in [-0.2, 0) is 9.59 Å². The minimum atomic E-state index is -0.750. The highest BCUT2D eigenvalue weighted by Crippen LogP contribution is 2.44. The van der Waals surface area contributed by atoms with Crippen molar-refractivity contribution in [1.29, 1.82) is 0 Å². The number of amides is 1. The fourth-order valence-electron chi connectivity index (χ4n) is 4.18. The van der Waals surface area contributed by atoms with Crippen molar-refractivity contribution in [3.63, 3.8) is 0 Å².